The Morgan fingerprint density at radius 3 is 2.71 bits per heavy atom. The number of carboxylic acid groups (broad SMARTS) is 1. The van der Waals surface area contributed by atoms with Crippen LogP contribution in [0.15, 0.2) is 17.0 Å². The van der Waals surface area contributed by atoms with Gasteiger partial charge in [-0.2, -0.15) is 5.26 Å². The average molecular weight is 208 g/mol. The summed E-state index contributed by atoms with van der Waals surface area (Å²) in [5.74, 6) is -1.09. The Hall–Kier alpha value is -1.51. The normalized spacial score (nSPS) is 9.50. The lowest BCUT2D eigenvalue weighted by molar-refractivity contribution is 0.0695. The van der Waals surface area contributed by atoms with Crippen LogP contribution in [-0.2, 0) is 6.54 Å². The quantitative estimate of drug-likeness (QED) is 0.633. The zero-order valence-corrected chi connectivity index (χ0v) is 8.08. The van der Waals surface area contributed by atoms with Gasteiger partial charge < -0.3 is 10.8 Å². The number of nitrogens with two attached hydrogens (primary N) is 1. The minimum absolute atomic E-state index is 0.0128. The van der Waals surface area contributed by atoms with Crippen molar-refractivity contribution < 1.29 is 9.90 Å². The molecule has 0 fully saturated rings. The van der Waals surface area contributed by atoms with Gasteiger partial charge in [-0.05, 0) is 17.7 Å². The van der Waals surface area contributed by atoms with Gasteiger partial charge in [-0.15, -0.1) is 12.6 Å². The van der Waals surface area contributed by atoms with Crippen LogP contribution in [0.2, 0.25) is 0 Å². The summed E-state index contributed by atoms with van der Waals surface area (Å²) in [4.78, 5) is 11.2. The Bertz CT molecular complexity index is 424. The summed E-state index contributed by atoms with van der Waals surface area (Å²) in [5, 5.41) is 17.6. The SMILES string of the molecule is N#Cc1c(S)ccc(C(=O)O)c1CN. The number of aromatic carboxylic acids is 1. The lowest BCUT2D eigenvalue weighted by atomic mass is 10.0. The number of nitrogens with zero attached hydrogens (tertiary/aromatic N) is 1. The van der Waals surface area contributed by atoms with E-state index < -0.39 is 5.97 Å². The van der Waals surface area contributed by atoms with Gasteiger partial charge in [-0.1, -0.05) is 0 Å². The lowest BCUT2D eigenvalue weighted by Gasteiger charge is -2.07. The van der Waals surface area contributed by atoms with Crippen LogP contribution < -0.4 is 5.73 Å². The van der Waals surface area contributed by atoms with Crippen LogP contribution in [0.4, 0.5) is 0 Å². The van der Waals surface area contributed by atoms with E-state index in [1.807, 2.05) is 6.07 Å². The third-order valence-corrected chi connectivity index (χ3v) is 2.21. The summed E-state index contributed by atoms with van der Waals surface area (Å²) in [5.41, 5.74) is 6.00. The maximum absolute atomic E-state index is 10.8. The minimum atomic E-state index is -1.09. The highest BCUT2D eigenvalue weighted by Gasteiger charge is 2.14. The lowest BCUT2D eigenvalue weighted by Crippen LogP contribution is -2.09. The van der Waals surface area contributed by atoms with Gasteiger partial charge in [0.05, 0.1) is 11.1 Å². The molecule has 3 N–H and O–H groups in total. The topological polar surface area (TPSA) is 87.1 Å². The van der Waals surface area contributed by atoms with Crippen LogP contribution in [0.1, 0.15) is 21.5 Å². The first kappa shape index (κ1) is 10.6. The fourth-order valence-corrected chi connectivity index (χ4v) is 1.43. The van der Waals surface area contributed by atoms with E-state index in [9.17, 15) is 4.79 Å². The maximum Gasteiger partial charge on any atom is 0.336 e. The first-order chi connectivity index (χ1) is 6.61. The van der Waals surface area contributed by atoms with Gasteiger partial charge in [0.15, 0.2) is 0 Å². The van der Waals surface area contributed by atoms with Crippen molar-refractivity contribution in [3.05, 3.63) is 28.8 Å². The predicted octanol–water partition coefficient (Wildman–Crippen LogP) is 1.00. The van der Waals surface area contributed by atoms with E-state index in [0.717, 1.165) is 0 Å². The number of carbonyl (C=O) groups is 1. The highest BCUT2D eigenvalue weighted by molar-refractivity contribution is 7.80. The molecule has 0 saturated heterocycles. The average Bonchev–Trinajstić information content (AvgIpc) is 2.16. The monoisotopic (exact) mass is 208 g/mol. The number of hydrogen-bond acceptors (Lipinski definition) is 4. The number of hydrogen-bond donors (Lipinski definition) is 3. The second kappa shape index (κ2) is 4.13. The molecule has 0 aromatic heterocycles. The summed E-state index contributed by atoms with van der Waals surface area (Å²) < 4.78 is 0. The number of carboxylic acids is 1. The van der Waals surface area contributed by atoms with Crippen molar-refractivity contribution in [1.82, 2.24) is 0 Å². The van der Waals surface area contributed by atoms with E-state index in [1.54, 1.807) is 0 Å². The minimum Gasteiger partial charge on any atom is -0.478 e. The standard InChI is InChI=1S/C9H8N2O2S/c10-3-6-5(9(12)13)1-2-8(14)7(6)4-11/h1-2,14H,3,10H2,(H,12,13). The fraction of sp³-hybridized carbons (Fsp3) is 0.111. The van der Waals surface area contributed by atoms with Gasteiger partial charge in [-0.3, -0.25) is 0 Å². The molecule has 0 aliphatic rings. The molecule has 0 aliphatic carbocycles. The van der Waals surface area contributed by atoms with Crippen LogP contribution in [-0.4, -0.2) is 11.1 Å². The number of nitriles is 1. The molecular formula is C9H8N2O2S. The van der Waals surface area contributed by atoms with Crippen molar-refractivity contribution in [3.63, 3.8) is 0 Å². The molecule has 1 aromatic rings. The Morgan fingerprint density at radius 2 is 2.29 bits per heavy atom. The van der Waals surface area contributed by atoms with E-state index in [-0.39, 0.29) is 17.7 Å². The Labute approximate surface area is 86.4 Å². The van der Waals surface area contributed by atoms with Crippen molar-refractivity contribution in [2.45, 2.75) is 11.4 Å². The number of rotatable bonds is 2. The van der Waals surface area contributed by atoms with Gasteiger partial charge in [0, 0.05) is 11.4 Å². The summed E-state index contributed by atoms with van der Waals surface area (Å²) >= 11 is 4.05. The molecule has 72 valence electrons. The van der Waals surface area contributed by atoms with E-state index in [2.05, 4.69) is 12.6 Å². The second-order valence-corrected chi connectivity index (χ2v) is 3.09. The van der Waals surface area contributed by atoms with Crippen LogP contribution in [0.3, 0.4) is 0 Å². The van der Waals surface area contributed by atoms with Gasteiger partial charge in [0.2, 0.25) is 0 Å². The van der Waals surface area contributed by atoms with Crippen molar-refractivity contribution in [2.24, 2.45) is 5.73 Å². The van der Waals surface area contributed by atoms with Crippen molar-refractivity contribution in [1.29, 1.82) is 5.26 Å². The molecule has 1 rings (SSSR count). The molecule has 5 heteroatoms. The molecule has 0 heterocycles. The predicted molar refractivity (Wildman–Crippen MR) is 53.3 cm³/mol. The highest BCUT2D eigenvalue weighted by Crippen LogP contribution is 2.21. The van der Waals surface area contributed by atoms with Crippen molar-refractivity contribution >= 4 is 18.6 Å². The smallest absolute Gasteiger partial charge is 0.336 e. The molecule has 1 aromatic carbocycles. The molecule has 0 aliphatic heterocycles. The van der Waals surface area contributed by atoms with E-state index >= 15 is 0 Å². The summed E-state index contributed by atoms with van der Waals surface area (Å²) in [7, 11) is 0. The van der Waals surface area contributed by atoms with Crippen LogP contribution in [0.5, 0.6) is 0 Å². The van der Waals surface area contributed by atoms with Gasteiger partial charge >= 0.3 is 5.97 Å². The molecule has 0 radical (unpaired) electrons. The maximum atomic E-state index is 10.8. The largest absolute Gasteiger partial charge is 0.478 e. The molecule has 0 unspecified atom stereocenters. The molecule has 0 saturated carbocycles. The first-order valence-corrected chi connectivity index (χ1v) is 4.24. The summed E-state index contributed by atoms with van der Waals surface area (Å²) in [6.07, 6.45) is 0. The zero-order chi connectivity index (χ0) is 10.7. The van der Waals surface area contributed by atoms with Crippen LogP contribution >= 0.6 is 12.6 Å². The van der Waals surface area contributed by atoms with E-state index in [4.69, 9.17) is 16.1 Å². The number of benzene rings is 1. The molecule has 0 spiro atoms. The molecule has 0 atom stereocenters. The summed E-state index contributed by atoms with van der Waals surface area (Å²) in [6, 6.07) is 4.76. The third-order valence-electron chi connectivity index (χ3n) is 1.84. The second-order valence-electron chi connectivity index (χ2n) is 2.61. The molecule has 4 nitrogen and oxygen atoms in total. The van der Waals surface area contributed by atoms with E-state index in [0.29, 0.717) is 10.5 Å². The zero-order valence-electron chi connectivity index (χ0n) is 7.19. The third kappa shape index (κ3) is 1.71. The van der Waals surface area contributed by atoms with Gasteiger partial charge in [-0.25, -0.2) is 4.79 Å². The van der Waals surface area contributed by atoms with Crippen molar-refractivity contribution in [3.8, 4) is 6.07 Å². The molecule has 14 heavy (non-hydrogen) atoms. The van der Waals surface area contributed by atoms with Crippen LogP contribution in [0, 0.1) is 11.3 Å². The van der Waals surface area contributed by atoms with Crippen LogP contribution in [0.25, 0.3) is 0 Å². The summed E-state index contributed by atoms with van der Waals surface area (Å²) in [6.45, 7) is 0.0128. The van der Waals surface area contributed by atoms with Gasteiger partial charge in [0.1, 0.15) is 6.07 Å². The Morgan fingerprint density at radius 1 is 1.64 bits per heavy atom. The van der Waals surface area contributed by atoms with Gasteiger partial charge in [0.25, 0.3) is 0 Å². The fourth-order valence-electron chi connectivity index (χ4n) is 1.17. The first-order valence-electron chi connectivity index (χ1n) is 3.80. The Balaban J connectivity index is 3.50. The van der Waals surface area contributed by atoms with Crippen molar-refractivity contribution in [2.75, 3.05) is 0 Å². The highest BCUT2D eigenvalue weighted by atomic mass is 32.1. The number of thiol groups is 1. The molecule has 0 amide bonds. The van der Waals surface area contributed by atoms with E-state index in [1.165, 1.54) is 12.1 Å². The molecule has 0 bridgehead atoms. The molecular weight excluding hydrogens is 200 g/mol. The Kier molecular flexibility index (Phi) is 3.12.